The molecule has 2 aliphatic heterocycles. The van der Waals surface area contributed by atoms with Crippen LogP contribution in [0.2, 0.25) is 0 Å². The Morgan fingerprint density at radius 3 is 2.75 bits per heavy atom. The average molecular weight is 292 g/mol. The Hall–Kier alpha value is -1.20. The van der Waals surface area contributed by atoms with Crippen LogP contribution in [0.5, 0.6) is 0 Å². The minimum Gasteiger partial charge on any atom is -0.444 e. The summed E-state index contributed by atoms with van der Waals surface area (Å²) >= 11 is 1.78. The molecule has 5 heteroatoms. The molecule has 0 saturated carbocycles. The molecule has 1 aromatic carbocycles. The number of hydrogen-bond acceptors (Lipinski definition) is 4. The number of anilines is 1. The minimum atomic E-state index is -0.191. The topological polar surface area (TPSA) is 32.8 Å². The van der Waals surface area contributed by atoms with E-state index in [-0.39, 0.29) is 12.1 Å². The molecular formula is C15H20N2O2S. The zero-order chi connectivity index (χ0) is 14.1. The highest BCUT2D eigenvalue weighted by Crippen LogP contribution is 2.33. The number of benzene rings is 1. The lowest BCUT2D eigenvalue weighted by atomic mass is 10.0. The van der Waals surface area contributed by atoms with E-state index in [1.807, 2.05) is 4.90 Å². The normalized spacial score (nSPS) is 20.7. The highest BCUT2D eigenvalue weighted by molar-refractivity contribution is 7.96. The number of carbonyl (C=O) groups is 1. The number of ether oxygens (including phenoxy) is 1. The van der Waals surface area contributed by atoms with Gasteiger partial charge >= 0.3 is 6.09 Å². The first kappa shape index (κ1) is 13.8. The summed E-state index contributed by atoms with van der Waals surface area (Å²) in [6.45, 7) is 4.52. The number of cyclic esters (lactones) is 1. The van der Waals surface area contributed by atoms with Crippen LogP contribution < -0.4 is 4.90 Å². The first-order valence-electron chi connectivity index (χ1n) is 7.03. The molecule has 0 aliphatic carbocycles. The van der Waals surface area contributed by atoms with Crippen molar-refractivity contribution < 1.29 is 9.53 Å². The molecule has 2 heterocycles. The number of piperidine rings is 1. The second-order valence-electron chi connectivity index (χ2n) is 5.40. The highest BCUT2D eigenvalue weighted by Gasteiger charge is 2.34. The van der Waals surface area contributed by atoms with E-state index in [9.17, 15) is 4.79 Å². The molecule has 1 amide bonds. The van der Waals surface area contributed by atoms with E-state index in [1.165, 1.54) is 5.56 Å². The van der Waals surface area contributed by atoms with Crippen LogP contribution in [0.1, 0.15) is 24.0 Å². The van der Waals surface area contributed by atoms with Crippen LogP contribution in [0.3, 0.4) is 0 Å². The summed E-state index contributed by atoms with van der Waals surface area (Å²) in [4.78, 5) is 14.0. The van der Waals surface area contributed by atoms with Crippen molar-refractivity contribution >= 4 is 23.7 Å². The minimum absolute atomic E-state index is 0.191. The van der Waals surface area contributed by atoms with Crippen LogP contribution >= 0.6 is 11.9 Å². The van der Waals surface area contributed by atoms with Gasteiger partial charge in [0, 0.05) is 24.7 Å². The fourth-order valence-corrected chi connectivity index (χ4v) is 3.58. The van der Waals surface area contributed by atoms with Crippen molar-refractivity contribution in [1.82, 2.24) is 4.31 Å². The fraction of sp³-hybridized carbons (Fsp3) is 0.533. The van der Waals surface area contributed by atoms with E-state index in [4.69, 9.17) is 4.74 Å². The van der Waals surface area contributed by atoms with E-state index in [1.54, 1.807) is 11.9 Å². The van der Waals surface area contributed by atoms with Crippen LogP contribution in [0.15, 0.2) is 18.2 Å². The molecule has 0 unspecified atom stereocenters. The first-order chi connectivity index (χ1) is 9.69. The molecule has 3 rings (SSSR count). The van der Waals surface area contributed by atoms with E-state index < -0.39 is 0 Å². The van der Waals surface area contributed by atoms with Crippen LogP contribution in [0, 0.1) is 6.92 Å². The van der Waals surface area contributed by atoms with Gasteiger partial charge in [-0.25, -0.2) is 4.79 Å². The predicted octanol–water partition coefficient (Wildman–Crippen LogP) is 3.19. The number of nitrogens with zero attached hydrogens (tertiary/aromatic N) is 2. The van der Waals surface area contributed by atoms with Crippen molar-refractivity contribution in [3.63, 3.8) is 0 Å². The van der Waals surface area contributed by atoms with Crippen molar-refractivity contribution in [2.75, 3.05) is 24.2 Å². The third kappa shape index (κ3) is 2.52. The Labute approximate surface area is 124 Å². The summed E-state index contributed by atoms with van der Waals surface area (Å²) in [5.74, 6) is 0. The van der Waals surface area contributed by atoms with Crippen molar-refractivity contribution in [1.29, 1.82) is 0 Å². The molecule has 0 spiro atoms. The van der Waals surface area contributed by atoms with Crippen LogP contribution in [-0.4, -0.2) is 35.8 Å². The molecule has 108 valence electrons. The molecule has 0 radical (unpaired) electrons. The van der Waals surface area contributed by atoms with Gasteiger partial charge in [0.2, 0.25) is 0 Å². The zero-order valence-corrected chi connectivity index (χ0v) is 12.8. The predicted molar refractivity (Wildman–Crippen MR) is 82.0 cm³/mol. The van der Waals surface area contributed by atoms with Crippen molar-refractivity contribution in [2.24, 2.45) is 0 Å². The first-order valence-corrected chi connectivity index (χ1v) is 8.22. The third-order valence-corrected chi connectivity index (χ3v) is 4.97. The van der Waals surface area contributed by atoms with Gasteiger partial charge in [0.05, 0.1) is 5.69 Å². The van der Waals surface area contributed by atoms with Crippen LogP contribution in [0.4, 0.5) is 10.5 Å². The highest BCUT2D eigenvalue weighted by atomic mass is 32.2. The molecule has 1 aromatic rings. The maximum absolute atomic E-state index is 12.2. The molecule has 4 nitrogen and oxygen atoms in total. The zero-order valence-electron chi connectivity index (χ0n) is 12.0. The van der Waals surface area contributed by atoms with Gasteiger partial charge in [-0.3, -0.25) is 9.21 Å². The maximum Gasteiger partial charge on any atom is 0.414 e. The van der Waals surface area contributed by atoms with Gasteiger partial charge in [-0.1, -0.05) is 29.6 Å². The number of amides is 1. The molecule has 0 N–H and O–H groups in total. The third-order valence-electron chi connectivity index (χ3n) is 4.09. The second kappa shape index (κ2) is 5.66. The number of aryl methyl sites for hydroxylation is 1. The summed E-state index contributed by atoms with van der Waals surface area (Å²) < 4.78 is 7.70. The Bertz CT molecular complexity index is 513. The molecule has 2 aliphatic rings. The number of rotatable bonds is 2. The number of hydrogen-bond donors (Lipinski definition) is 0. The molecule has 0 atom stereocenters. The monoisotopic (exact) mass is 292 g/mol. The van der Waals surface area contributed by atoms with Crippen LogP contribution in [0.25, 0.3) is 0 Å². The number of carbonyl (C=O) groups excluding carboxylic acids is 1. The molecule has 20 heavy (non-hydrogen) atoms. The van der Waals surface area contributed by atoms with E-state index >= 15 is 0 Å². The summed E-state index contributed by atoms with van der Waals surface area (Å²) in [6.07, 6.45) is 3.92. The fourth-order valence-electron chi connectivity index (χ4n) is 3.00. The Morgan fingerprint density at radius 2 is 2.05 bits per heavy atom. The average Bonchev–Trinajstić information content (AvgIpc) is 2.48. The summed E-state index contributed by atoms with van der Waals surface area (Å²) in [6, 6.07) is 6.51. The second-order valence-corrected chi connectivity index (χ2v) is 6.28. The Kier molecular flexibility index (Phi) is 3.89. The van der Waals surface area contributed by atoms with E-state index in [0.29, 0.717) is 6.61 Å². The van der Waals surface area contributed by atoms with Gasteiger partial charge in [-0.2, -0.15) is 0 Å². The van der Waals surface area contributed by atoms with Gasteiger partial charge < -0.3 is 4.74 Å². The molecule has 0 bridgehead atoms. The largest absolute Gasteiger partial charge is 0.444 e. The van der Waals surface area contributed by atoms with Crippen molar-refractivity contribution in [3.8, 4) is 0 Å². The van der Waals surface area contributed by atoms with Gasteiger partial charge in [0.1, 0.15) is 6.61 Å². The smallest absolute Gasteiger partial charge is 0.414 e. The van der Waals surface area contributed by atoms with Crippen molar-refractivity contribution in [2.45, 2.75) is 32.4 Å². The van der Waals surface area contributed by atoms with Gasteiger partial charge in [0.25, 0.3) is 0 Å². The summed E-state index contributed by atoms with van der Waals surface area (Å²) in [5, 5.41) is 0. The quantitative estimate of drug-likeness (QED) is 0.784. The SMILES string of the molecule is CSN1CCC(N2C(=O)OCc3cc(C)ccc32)CC1. The maximum atomic E-state index is 12.2. The lowest BCUT2D eigenvalue weighted by Gasteiger charge is -2.39. The Balaban J connectivity index is 1.84. The molecule has 1 fully saturated rings. The van der Waals surface area contributed by atoms with E-state index in [2.05, 4.69) is 35.7 Å². The molecular weight excluding hydrogens is 272 g/mol. The molecule has 1 saturated heterocycles. The van der Waals surface area contributed by atoms with Crippen molar-refractivity contribution in [3.05, 3.63) is 29.3 Å². The summed E-state index contributed by atoms with van der Waals surface area (Å²) in [7, 11) is 0. The van der Waals surface area contributed by atoms with Gasteiger partial charge in [-0.05, 0) is 32.1 Å². The van der Waals surface area contributed by atoms with Gasteiger partial charge in [0.15, 0.2) is 0 Å². The van der Waals surface area contributed by atoms with Gasteiger partial charge in [-0.15, -0.1) is 0 Å². The lowest BCUT2D eigenvalue weighted by Crippen LogP contribution is -2.48. The van der Waals surface area contributed by atoms with E-state index in [0.717, 1.165) is 37.2 Å². The van der Waals surface area contributed by atoms with Crippen LogP contribution in [-0.2, 0) is 11.3 Å². The number of fused-ring (bicyclic) bond motifs is 1. The lowest BCUT2D eigenvalue weighted by molar-refractivity contribution is 0.136. The Morgan fingerprint density at radius 1 is 1.30 bits per heavy atom. The molecule has 0 aromatic heterocycles. The standard InChI is InChI=1S/C15H20N2O2S/c1-11-3-4-14-12(9-11)10-19-15(18)17(14)13-5-7-16(20-2)8-6-13/h3-4,9,13H,5-8,10H2,1-2H3. The summed E-state index contributed by atoms with van der Waals surface area (Å²) in [5.41, 5.74) is 3.37.